The van der Waals surface area contributed by atoms with Crippen LogP contribution in [-0.4, -0.2) is 50.9 Å². The summed E-state index contributed by atoms with van der Waals surface area (Å²) in [5, 5.41) is 10.9. The highest BCUT2D eigenvalue weighted by Crippen LogP contribution is 2.10. The fourth-order valence-electron chi connectivity index (χ4n) is 3.31. The quantitative estimate of drug-likeness (QED) is 0.161. The smallest absolute Gasteiger partial charge is 0.112 e. The van der Waals surface area contributed by atoms with Gasteiger partial charge in [0.25, 0.3) is 0 Å². The van der Waals surface area contributed by atoms with Crippen LogP contribution < -0.4 is 5.11 Å². The van der Waals surface area contributed by atoms with Crippen LogP contribution in [0.25, 0.3) is 0 Å². The highest BCUT2D eigenvalue weighted by Gasteiger charge is 2.18. The number of carboxylic acids is 1. The lowest BCUT2D eigenvalue weighted by atomic mass is 10.1. The first-order valence-corrected chi connectivity index (χ1v) is 11.8. The van der Waals surface area contributed by atoms with E-state index in [4.69, 9.17) is 4.74 Å². The molecular formula is C25H47NO3. The van der Waals surface area contributed by atoms with Crippen LogP contribution in [0.4, 0.5) is 0 Å². The largest absolute Gasteiger partial charge is 0.550 e. The fraction of sp³-hybridized carbons (Fsp3) is 0.800. The summed E-state index contributed by atoms with van der Waals surface area (Å²) in [5.74, 6) is -1.03. The van der Waals surface area contributed by atoms with E-state index in [2.05, 4.69) is 31.2 Å². The molecule has 0 aliphatic carbocycles. The fourth-order valence-corrected chi connectivity index (χ4v) is 3.31. The van der Waals surface area contributed by atoms with Crippen molar-refractivity contribution >= 4 is 5.97 Å². The molecule has 0 radical (unpaired) electrons. The minimum Gasteiger partial charge on any atom is -0.550 e. The van der Waals surface area contributed by atoms with E-state index < -0.39 is 5.97 Å². The average molecular weight is 410 g/mol. The Labute approximate surface area is 180 Å². The Hall–Kier alpha value is -1.13. The maximum atomic E-state index is 10.9. The Morgan fingerprint density at radius 1 is 0.862 bits per heavy atom. The van der Waals surface area contributed by atoms with Gasteiger partial charge < -0.3 is 19.1 Å². The summed E-state index contributed by atoms with van der Waals surface area (Å²) in [5.41, 5.74) is 0. The number of unbranched alkanes of at least 4 members (excludes halogenated alkanes) is 9. The summed E-state index contributed by atoms with van der Waals surface area (Å²) >= 11 is 0. The Morgan fingerprint density at radius 3 is 1.97 bits per heavy atom. The predicted octanol–water partition coefficient (Wildman–Crippen LogP) is 5.03. The van der Waals surface area contributed by atoms with Crippen molar-refractivity contribution < 1.29 is 19.1 Å². The van der Waals surface area contributed by atoms with Crippen molar-refractivity contribution in [2.75, 3.05) is 34.3 Å². The van der Waals surface area contributed by atoms with Crippen molar-refractivity contribution in [3.63, 3.8) is 0 Å². The second-order valence-corrected chi connectivity index (χ2v) is 9.13. The van der Waals surface area contributed by atoms with Crippen LogP contribution in [0.2, 0.25) is 0 Å². The summed E-state index contributed by atoms with van der Waals surface area (Å²) in [6.45, 7) is 3.58. The zero-order chi connectivity index (χ0) is 21.8. The molecule has 1 atom stereocenters. The maximum absolute atomic E-state index is 10.9. The molecule has 0 saturated heterocycles. The third kappa shape index (κ3) is 23.0. The number of allylic oxidation sites excluding steroid dienone is 4. The van der Waals surface area contributed by atoms with Gasteiger partial charge in [-0.3, -0.25) is 0 Å². The number of carboxylic acid groups (broad SMARTS) is 1. The summed E-state index contributed by atoms with van der Waals surface area (Å²) in [7, 11) is 6.14. The number of hydrogen-bond acceptors (Lipinski definition) is 3. The lowest BCUT2D eigenvalue weighted by molar-refractivity contribution is -0.873. The van der Waals surface area contributed by atoms with Crippen LogP contribution in [0.3, 0.4) is 0 Å². The van der Waals surface area contributed by atoms with E-state index in [1.165, 1.54) is 57.8 Å². The molecule has 0 aliphatic heterocycles. The molecule has 0 amide bonds. The average Bonchev–Trinajstić information content (AvgIpc) is 2.62. The molecule has 0 aliphatic rings. The van der Waals surface area contributed by atoms with E-state index in [0.717, 1.165) is 19.3 Å². The van der Waals surface area contributed by atoms with Gasteiger partial charge in [-0.15, -0.1) is 0 Å². The first-order chi connectivity index (χ1) is 13.8. The molecule has 0 N–H and O–H groups in total. The molecule has 0 aromatic carbocycles. The lowest BCUT2D eigenvalue weighted by Gasteiger charge is -2.29. The van der Waals surface area contributed by atoms with Crippen molar-refractivity contribution in [1.82, 2.24) is 0 Å². The number of carbonyl (C=O) groups is 1. The van der Waals surface area contributed by atoms with Gasteiger partial charge in [0, 0.05) is 19.0 Å². The van der Waals surface area contributed by atoms with E-state index >= 15 is 0 Å². The Morgan fingerprint density at radius 2 is 1.41 bits per heavy atom. The Balaban J connectivity index is 3.53. The van der Waals surface area contributed by atoms with Gasteiger partial charge in [0.05, 0.1) is 21.1 Å². The number of likely N-dealkylation sites (N-methyl/N-ethyl adjacent to an activating group) is 1. The van der Waals surface area contributed by atoms with E-state index in [-0.39, 0.29) is 12.5 Å². The molecule has 0 rings (SSSR count). The highest BCUT2D eigenvalue weighted by molar-refractivity contribution is 5.64. The first-order valence-electron chi connectivity index (χ1n) is 11.8. The number of ether oxygens (including phenoxy) is 1. The number of aliphatic carboxylic acids is 1. The molecule has 0 heterocycles. The topological polar surface area (TPSA) is 49.4 Å². The van der Waals surface area contributed by atoms with Crippen LogP contribution in [0.5, 0.6) is 0 Å². The Bertz CT molecular complexity index is 438. The molecular weight excluding hydrogens is 362 g/mol. The molecule has 29 heavy (non-hydrogen) atoms. The lowest BCUT2D eigenvalue weighted by Crippen LogP contribution is -2.44. The van der Waals surface area contributed by atoms with Gasteiger partial charge in [0.15, 0.2) is 0 Å². The molecule has 1 unspecified atom stereocenters. The third-order valence-electron chi connectivity index (χ3n) is 4.84. The molecule has 4 nitrogen and oxygen atoms in total. The highest BCUT2D eigenvalue weighted by atomic mass is 16.5. The van der Waals surface area contributed by atoms with Gasteiger partial charge in [-0.05, 0) is 38.5 Å². The van der Waals surface area contributed by atoms with E-state index in [0.29, 0.717) is 17.6 Å². The predicted molar refractivity (Wildman–Crippen MR) is 122 cm³/mol. The molecule has 0 saturated carbocycles. The number of nitrogens with zero attached hydrogens (tertiary/aromatic N) is 1. The van der Waals surface area contributed by atoms with Crippen LogP contribution in [0, 0.1) is 0 Å². The van der Waals surface area contributed by atoms with Crippen molar-refractivity contribution in [2.45, 2.75) is 96.5 Å². The summed E-state index contributed by atoms with van der Waals surface area (Å²) in [6, 6.07) is 0. The van der Waals surface area contributed by atoms with Crippen molar-refractivity contribution in [3.8, 4) is 0 Å². The minimum atomic E-state index is -1.03. The summed E-state index contributed by atoms with van der Waals surface area (Å²) in [4.78, 5) is 10.9. The van der Waals surface area contributed by atoms with Gasteiger partial charge in [-0.2, -0.15) is 0 Å². The van der Waals surface area contributed by atoms with Crippen molar-refractivity contribution in [3.05, 3.63) is 24.3 Å². The van der Waals surface area contributed by atoms with Gasteiger partial charge in [-0.1, -0.05) is 69.8 Å². The van der Waals surface area contributed by atoms with Gasteiger partial charge in [-0.25, -0.2) is 0 Å². The number of rotatable bonds is 20. The second kappa shape index (κ2) is 18.9. The van der Waals surface area contributed by atoms with Gasteiger partial charge in [0.2, 0.25) is 0 Å². The van der Waals surface area contributed by atoms with E-state index in [1.807, 2.05) is 21.1 Å². The molecule has 4 heteroatoms. The zero-order valence-corrected chi connectivity index (χ0v) is 19.7. The van der Waals surface area contributed by atoms with Crippen LogP contribution in [0.1, 0.15) is 90.4 Å². The molecule has 0 spiro atoms. The van der Waals surface area contributed by atoms with Gasteiger partial charge in [0.1, 0.15) is 12.6 Å². The normalized spacial score (nSPS) is 13.5. The Kier molecular flexibility index (Phi) is 18.1. The maximum Gasteiger partial charge on any atom is 0.112 e. The number of hydrogen-bond donors (Lipinski definition) is 0. The molecule has 0 bridgehead atoms. The monoisotopic (exact) mass is 409 g/mol. The zero-order valence-electron chi connectivity index (χ0n) is 19.7. The molecule has 0 aromatic rings. The number of quaternary nitrogens is 1. The second-order valence-electron chi connectivity index (χ2n) is 9.13. The van der Waals surface area contributed by atoms with Crippen molar-refractivity contribution in [2.24, 2.45) is 0 Å². The summed E-state index contributed by atoms with van der Waals surface area (Å²) < 4.78 is 6.49. The molecule has 0 aromatic heterocycles. The molecule has 0 fully saturated rings. The van der Waals surface area contributed by atoms with E-state index in [1.54, 1.807) is 0 Å². The number of carbonyl (C=O) groups excluding carboxylic acids is 1. The van der Waals surface area contributed by atoms with Crippen LogP contribution in [-0.2, 0) is 9.53 Å². The molecule has 170 valence electrons. The minimum absolute atomic E-state index is 0.0162. The van der Waals surface area contributed by atoms with Crippen molar-refractivity contribution in [1.29, 1.82) is 0 Å². The van der Waals surface area contributed by atoms with Crippen LogP contribution in [0.15, 0.2) is 24.3 Å². The van der Waals surface area contributed by atoms with Gasteiger partial charge >= 0.3 is 0 Å². The van der Waals surface area contributed by atoms with E-state index in [9.17, 15) is 9.90 Å². The summed E-state index contributed by atoms with van der Waals surface area (Å²) in [6.07, 6.45) is 23.6. The van der Waals surface area contributed by atoms with Crippen LogP contribution >= 0.6 is 0 Å². The SMILES string of the molecule is CCCCCC=CCC=CCCCCCCCCOC(CC(=O)[O-])C[N+](C)(C)C. The first kappa shape index (κ1) is 27.9. The standard InChI is InChI=1S/C25H47NO3/c1-5-6-7-8-9-10-11-12-13-14-15-16-17-18-19-20-21-29-24(22-25(27)28)23-26(2,3)4/h9-10,12-13,24H,5-8,11,14-23H2,1-4H3. The third-order valence-corrected chi connectivity index (χ3v) is 4.84.